The lowest BCUT2D eigenvalue weighted by atomic mass is 10.2. The van der Waals surface area contributed by atoms with Crippen LogP contribution in [0.5, 0.6) is 0 Å². The minimum Gasteiger partial charge on any atom is -0.397 e. The average Bonchev–Trinajstić information content (AvgIpc) is 2.70. The lowest BCUT2D eigenvalue weighted by Crippen LogP contribution is -1.91. The summed E-state index contributed by atoms with van der Waals surface area (Å²) in [6.07, 6.45) is 0. The lowest BCUT2D eigenvalue weighted by Gasteiger charge is -2.01. The maximum absolute atomic E-state index is 5.94. The first-order chi connectivity index (χ1) is 8.27. The fourth-order valence-corrected chi connectivity index (χ4v) is 2.08. The van der Waals surface area contributed by atoms with E-state index in [2.05, 4.69) is 21.7 Å². The van der Waals surface area contributed by atoms with Gasteiger partial charge >= 0.3 is 0 Å². The highest BCUT2D eigenvalue weighted by Gasteiger charge is 2.10. The molecule has 0 saturated heterocycles. The number of nitrogen functional groups attached to an aromatic ring is 1. The molecule has 84 valence electrons. The summed E-state index contributed by atoms with van der Waals surface area (Å²) in [7, 11) is 2.01. The molecule has 0 spiro atoms. The highest BCUT2D eigenvalue weighted by molar-refractivity contribution is 5.90. The summed E-state index contributed by atoms with van der Waals surface area (Å²) in [4.78, 5) is 4.62. The van der Waals surface area contributed by atoms with E-state index in [1.54, 1.807) is 0 Å². The second kappa shape index (κ2) is 3.63. The molecule has 0 saturated carbocycles. The zero-order valence-corrected chi connectivity index (χ0v) is 9.59. The van der Waals surface area contributed by atoms with Crippen molar-refractivity contribution in [3.05, 3.63) is 48.5 Å². The second-order valence-electron chi connectivity index (χ2n) is 4.08. The van der Waals surface area contributed by atoms with Crippen LogP contribution >= 0.6 is 0 Å². The van der Waals surface area contributed by atoms with Crippen LogP contribution in [0.15, 0.2) is 48.5 Å². The van der Waals surface area contributed by atoms with E-state index in [1.807, 2.05) is 43.4 Å². The normalized spacial score (nSPS) is 10.9. The average molecular weight is 223 g/mol. The fraction of sp³-hybridized carbons (Fsp3) is 0.0714. The third-order valence-corrected chi connectivity index (χ3v) is 2.97. The molecule has 0 aliphatic rings. The predicted octanol–water partition coefficient (Wildman–Crippen LogP) is 2.82. The zero-order valence-electron chi connectivity index (χ0n) is 9.59. The predicted molar refractivity (Wildman–Crippen MR) is 70.6 cm³/mol. The van der Waals surface area contributed by atoms with Crippen LogP contribution < -0.4 is 5.73 Å². The first-order valence-corrected chi connectivity index (χ1v) is 5.54. The number of aryl methyl sites for hydroxylation is 1. The molecule has 1 heterocycles. The van der Waals surface area contributed by atoms with E-state index in [4.69, 9.17) is 5.73 Å². The van der Waals surface area contributed by atoms with E-state index >= 15 is 0 Å². The van der Waals surface area contributed by atoms with E-state index in [9.17, 15) is 0 Å². The topological polar surface area (TPSA) is 43.8 Å². The van der Waals surface area contributed by atoms with Gasteiger partial charge in [-0.3, -0.25) is 0 Å². The Hall–Kier alpha value is -2.29. The highest BCUT2D eigenvalue weighted by atomic mass is 15.1. The molecule has 2 aromatic carbocycles. The summed E-state index contributed by atoms with van der Waals surface area (Å²) in [5.74, 6) is 0.943. The van der Waals surface area contributed by atoms with Crippen LogP contribution in [0.4, 0.5) is 5.69 Å². The molecular formula is C14H13N3. The molecule has 0 amide bonds. The van der Waals surface area contributed by atoms with Gasteiger partial charge in [-0.25, -0.2) is 4.98 Å². The number of benzene rings is 2. The number of hydrogen-bond donors (Lipinski definition) is 1. The molecule has 3 nitrogen and oxygen atoms in total. The van der Waals surface area contributed by atoms with Crippen LogP contribution in [-0.4, -0.2) is 9.55 Å². The summed E-state index contributed by atoms with van der Waals surface area (Å²) >= 11 is 0. The van der Waals surface area contributed by atoms with Gasteiger partial charge < -0.3 is 10.3 Å². The van der Waals surface area contributed by atoms with Crippen molar-refractivity contribution in [2.45, 2.75) is 0 Å². The number of hydrogen-bond acceptors (Lipinski definition) is 2. The van der Waals surface area contributed by atoms with Crippen molar-refractivity contribution in [2.24, 2.45) is 7.05 Å². The molecule has 1 aromatic heterocycles. The van der Waals surface area contributed by atoms with E-state index in [1.165, 1.54) is 0 Å². The van der Waals surface area contributed by atoms with Crippen molar-refractivity contribution in [1.82, 2.24) is 9.55 Å². The molecule has 2 N–H and O–H groups in total. The Morgan fingerprint density at radius 1 is 1.00 bits per heavy atom. The number of nitrogens with zero attached hydrogens (tertiary/aromatic N) is 2. The van der Waals surface area contributed by atoms with E-state index in [-0.39, 0.29) is 0 Å². The van der Waals surface area contributed by atoms with Gasteiger partial charge in [-0.1, -0.05) is 36.4 Å². The van der Waals surface area contributed by atoms with Gasteiger partial charge in [-0.2, -0.15) is 0 Å². The first kappa shape index (κ1) is 9.90. The van der Waals surface area contributed by atoms with E-state index < -0.39 is 0 Å². The zero-order chi connectivity index (χ0) is 11.8. The molecule has 3 heteroatoms. The first-order valence-electron chi connectivity index (χ1n) is 5.54. The third kappa shape index (κ3) is 1.47. The molecule has 3 aromatic rings. The number of fused-ring (bicyclic) bond motifs is 1. The van der Waals surface area contributed by atoms with Crippen LogP contribution in [0.3, 0.4) is 0 Å². The SMILES string of the molecule is Cn1c(-c2ccccc2)nc2c(N)cccc21. The Morgan fingerprint density at radius 3 is 2.47 bits per heavy atom. The Balaban J connectivity index is 2.32. The fourth-order valence-electron chi connectivity index (χ4n) is 2.08. The summed E-state index contributed by atoms with van der Waals surface area (Å²) in [5, 5.41) is 0. The monoisotopic (exact) mass is 223 g/mol. The van der Waals surface area contributed by atoms with Crippen LogP contribution in [0.2, 0.25) is 0 Å². The Kier molecular flexibility index (Phi) is 2.11. The maximum Gasteiger partial charge on any atom is 0.140 e. The smallest absolute Gasteiger partial charge is 0.140 e. The minimum absolute atomic E-state index is 0.722. The standard InChI is InChI=1S/C14H13N3/c1-17-12-9-5-8-11(15)13(12)16-14(17)10-6-3-2-4-7-10/h2-9H,15H2,1H3. The van der Waals surface area contributed by atoms with Gasteiger partial charge in [0.05, 0.1) is 11.2 Å². The molecule has 0 atom stereocenters. The highest BCUT2D eigenvalue weighted by Crippen LogP contribution is 2.26. The number of para-hydroxylation sites is 1. The van der Waals surface area contributed by atoms with Crippen molar-refractivity contribution in [2.75, 3.05) is 5.73 Å². The lowest BCUT2D eigenvalue weighted by molar-refractivity contribution is 0.959. The van der Waals surface area contributed by atoms with Gasteiger partial charge in [0, 0.05) is 12.6 Å². The largest absolute Gasteiger partial charge is 0.397 e. The number of rotatable bonds is 1. The van der Waals surface area contributed by atoms with Crippen molar-refractivity contribution in [3.63, 3.8) is 0 Å². The van der Waals surface area contributed by atoms with Gasteiger partial charge in [0.15, 0.2) is 0 Å². The number of aromatic nitrogens is 2. The van der Waals surface area contributed by atoms with Gasteiger partial charge in [-0.05, 0) is 12.1 Å². The maximum atomic E-state index is 5.94. The third-order valence-electron chi connectivity index (χ3n) is 2.97. The van der Waals surface area contributed by atoms with Gasteiger partial charge in [0.25, 0.3) is 0 Å². The molecule has 0 aliphatic carbocycles. The van der Waals surface area contributed by atoms with E-state index in [0.717, 1.165) is 28.1 Å². The Labute approximate surface area is 99.5 Å². The summed E-state index contributed by atoms with van der Waals surface area (Å²) < 4.78 is 2.07. The Bertz CT molecular complexity index is 669. The number of imidazole rings is 1. The molecule has 0 fully saturated rings. The van der Waals surface area contributed by atoms with Crippen LogP contribution in [-0.2, 0) is 7.05 Å². The molecular weight excluding hydrogens is 210 g/mol. The van der Waals surface area contributed by atoms with Crippen molar-refractivity contribution < 1.29 is 0 Å². The molecule has 0 bridgehead atoms. The number of nitrogens with two attached hydrogens (primary N) is 1. The molecule has 0 aliphatic heterocycles. The van der Waals surface area contributed by atoms with Gasteiger partial charge in [-0.15, -0.1) is 0 Å². The van der Waals surface area contributed by atoms with Crippen molar-refractivity contribution in [1.29, 1.82) is 0 Å². The quantitative estimate of drug-likeness (QED) is 0.645. The van der Waals surface area contributed by atoms with Crippen molar-refractivity contribution >= 4 is 16.7 Å². The van der Waals surface area contributed by atoms with Gasteiger partial charge in [0.1, 0.15) is 11.3 Å². The molecule has 0 radical (unpaired) electrons. The van der Waals surface area contributed by atoms with Crippen molar-refractivity contribution in [3.8, 4) is 11.4 Å². The Morgan fingerprint density at radius 2 is 1.76 bits per heavy atom. The summed E-state index contributed by atoms with van der Waals surface area (Å²) in [6.45, 7) is 0. The molecule has 0 unspecified atom stereocenters. The number of anilines is 1. The second-order valence-corrected chi connectivity index (χ2v) is 4.08. The van der Waals surface area contributed by atoms with Crippen LogP contribution in [0.25, 0.3) is 22.4 Å². The summed E-state index contributed by atoms with van der Waals surface area (Å²) in [5.41, 5.74) is 9.69. The van der Waals surface area contributed by atoms with Crippen LogP contribution in [0.1, 0.15) is 0 Å². The van der Waals surface area contributed by atoms with Crippen LogP contribution in [0, 0.1) is 0 Å². The summed E-state index contributed by atoms with van der Waals surface area (Å²) in [6, 6.07) is 16.0. The van der Waals surface area contributed by atoms with E-state index in [0.29, 0.717) is 0 Å². The molecule has 17 heavy (non-hydrogen) atoms. The van der Waals surface area contributed by atoms with Gasteiger partial charge in [0.2, 0.25) is 0 Å². The minimum atomic E-state index is 0.722. The molecule has 3 rings (SSSR count).